The van der Waals surface area contributed by atoms with Crippen molar-refractivity contribution in [2.24, 2.45) is 11.8 Å². The summed E-state index contributed by atoms with van der Waals surface area (Å²) in [5.74, 6) is 0.280. The van der Waals surface area contributed by atoms with Gasteiger partial charge in [-0.05, 0) is 71.0 Å². The average Bonchev–Trinajstić information content (AvgIpc) is 2.78. The number of halogens is 1. The molecule has 0 spiro atoms. The molecule has 5 unspecified atom stereocenters. The highest BCUT2D eigenvalue weighted by atomic mass is 19.1. The summed E-state index contributed by atoms with van der Waals surface area (Å²) in [5, 5.41) is 6.59. The van der Waals surface area contributed by atoms with Gasteiger partial charge in [0.1, 0.15) is 12.5 Å². The van der Waals surface area contributed by atoms with Crippen LogP contribution in [0, 0.1) is 11.8 Å². The first-order valence-electron chi connectivity index (χ1n) is 11.5. The molecule has 0 aromatic carbocycles. The van der Waals surface area contributed by atoms with Gasteiger partial charge in [0.25, 0.3) is 0 Å². The van der Waals surface area contributed by atoms with E-state index in [0.29, 0.717) is 18.8 Å². The SMILES string of the molecule is C1CCNCC1.CC1CCC(F)C2CC(C=O)NOC12.CNC1CCCCC1. The average molecular weight is 400 g/mol. The first-order valence-corrected chi connectivity index (χ1v) is 11.5. The van der Waals surface area contributed by atoms with E-state index in [4.69, 9.17) is 4.84 Å². The molecule has 2 saturated heterocycles. The van der Waals surface area contributed by atoms with Gasteiger partial charge < -0.3 is 15.4 Å². The fourth-order valence-corrected chi connectivity index (χ4v) is 4.70. The molecular formula is C22H42FN3O2. The monoisotopic (exact) mass is 399 g/mol. The van der Waals surface area contributed by atoms with Crippen molar-refractivity contribution in [3.63, 3.8) is 0 Å². The highest BCUT2D eigenvalue weighted by Crippen LogP contribution is 2.37. The molecule has 5 nitrogen and oxygen atoms in total. The Labute approximate surface area is 170 Å². The molecule has 0 aromatic heterocycles. The highest BCUT2D eigenvalue weighted by molar-refractivity contribution is 5.57. The highest BCUT2D eigenvalue weighted by Gasteiger charge is 2.42. The minimum Gasteiger partial charge on any atom is -0.317 e. The maximum Gasteiger partial charge on any atom is 0.139 e. The molecule has 2 aliphatic heterocycles. The molecule has 2 saturated carbocycles. The fourth-order valence-electron chi connectivity index (χ4n) is 4.70. The Bertz CT molecular complexity index is 405. The number of carbonyl (C=O) groups is 1. The molecule has 2 heterocycles. The maximum atomic E-state index is 13.6. The van der Waals surface area contributed by atoms with Gasteiger partial charge in [0.15, 0.2) is 0 Å². The van der Waals surface area contributed by atoms with Crippen molar-refractivity contribution in [3.8, 4) is 0 Å². The maximum absolute atomic E-state index is 13.6. The summed E-state index contributed by atoms with van der Waals surface area (Å²) < 4.78 is 13.6. The van der Waals surface area contributed by atoms with Crippen LogP contribution in [0.4, 0.5) is 4.39 Å². The first-order chi connectivity index (χ1) is 13.7. The number of aldehydes is 1. The van der Waals surface area contributed by atoms with Crippen molar-refractivity contribution in [1.82, 2.24) is 16.1 Å². The molecule has 0 aromatic rings. The largest absolute Gasteiger partial charge is 0.317 e. The number of hydrogen-bond donors (Lipinski definition) is 3. The Kier molecular flexibility index (Phi) is 11.5. The molecule has 6 heteroatoms. The summed E-state index contributed by atoms with van der Waals surface area (Å²) in [6, 6.07) is 0.503. The normalized spacial score (nSPS) is 36.0. The Hall–Kier alpha value is -0.560. The molecule has 4 aliphatic rings. The number of hydrogen-bond acceptors (Lipinski definition) is 5. The van der Waals surface area contributed by atoms with Crippen molar-refractivity contribution in [2.45, 2.75) is 102 Å². The lowest BCUT2D eigenvalue weighted by molar-refractivity contribution is -0.166. The van der Waals surface area contributed by atoms with Gasteiger partial charge in [-0.3, -0.25) is 4.84 Å². The van der Waals surface area contributed by atoms with E-state index in [1.165, 1.54) is 64.5 Å². The van der Waals surface area contributed by atoms with E-state index in [1.807, 2.05) is 0 Å². The zero-order chi connectivity index (χ0) is 20.2. The summed E-state index contributed by atoms with van der Waals surface area (Å²) in [6.45, 7) is 4.58. The minimum absolute atomic E-state index is 0.0602. The molecule has 0 radical (unpaired) electrons. The Balaban J connectivity index is 0.000000169. The standard InChI is InChI=1S/C10H16FNO2.C7H15N.C5H11N/c1-6-2-3-9(11)8-4-7(5-13)12-14-10(6)8;1-8-7-5-3-2-4-6-7;1-2-4-6-5-3-1/h5-10,12H,2-4H2,1H3;7-8H,2-6H2,1H3;6H,1-5H2. The molecule has 0 bridgehead atoms. The van der Waals surface area contributed by atoms with Crippen molar-refractivity contribution in [3.05, 3.63) is 0 Å². The smallest absolute Gasteiger partial charge is 0.139 e. The molecule has 0 amide bonds. The van der Waals surface area contributed by atoms with Gasteiger partial charge in [-0.25, -0.2) is 4.39 Å². The summed E-state index contributed by atoms with van der Waals surface area (Å²) in [6.07, 6.45) is 13.3. The van der Waals surface area contributed by atoms with Crippen molar-refractivity contribution < 1.29 is 14.0 Å². The number of rotatable bonds is 2. The van der Waals surface area contributed by atoms with Crippen LogP contribution in [0.3, 0.4) is 0 Å². The van der Waals surface area contributed by atoms with Crippen LogP contribution in [0.25, 0.3) is 0 Å². The second-order valence-electron chi connectivity index (χ2n) is 8.85. The van der Waals surface area contributed by atoms with Crippen LogP contribution in [-0.2, 0) is 9.63 Å². The van der Waals surface area contributed by atoms with E-state index >= 15 is 0 Å². The van der Waals surface area contributed by atoms with Crippen LogP contribution in [0.2, 0.25) is 0 Å². The van der Waals surface area contributed by atoms with E-state index < -0.39 is 6.17 Å². The van der Waals surface area contributed by atoms with Gasteiger partial charge in [-0.1, -0.05) is 32.6 Å². The van der Waals surface area contributed by atoms with Crippen molar-refractivity contribution in [1.29, 1.82) is 0 Å². The molecule has 5 atom stereocenters. The van der Waals surface area contributed by atoms with Gasteiger partial charge in [0.2, 0.25) is 0 Å². The summed E-state index contributed by atoms with van der Waals surface area (Å²) in [5.41, 5.74) is 2.68. The van der Waals surface area contributed by atoms with Gasteiger partial charge in [0, 0.05) is 12.0 Å². The second kappa shape index (κ2) is 13.6. The molecular weight excluding hydrogens is 357 g/mol. The number of hydroxylamine groups is 1. The van der Waals surface area contributed by atoms with Gasteiger partial charge in [-0.2, -0.15) is 5.48 Å². The quantitative estimate of drug-likeness (QED) is 0.620. The molecule has 164 valence electrons. The summed E-state index contributed by atoms with van der Waals surface area (Å²) in [4.78, 5) is 15.9. The van der Waals surface area contributed by atoms with Crippen LogP contribution >= 0.6 is 0 Å². The molecule has 4 fully saturated rings. The lowest BCUT2D eigenvalue weighted by Crippen LogP contribution is -2.53. The molecule has 28 heavy (non-hydrogen) atoms. The Morgan fingerprint density at radius 1 is 1.00 bits per heavy atom. The second-order valence-corrected chi connectivity index (χ2v) is 8.85. The van der Waals surface area contributed by atoms with Gasteiger partial charge in [0.05, 0.1) is 12.1 Å². The fraction of sp³-hybridized carbons (Fsp3) is 0.955. The zero-order valence-corrected chi connectivity index (χ0v) is 17.9. The number of carbonyl (C=O) groups excluding carboxylic acids is 1. The number of alkyl halides is 1. The lowest BCUT2D eigenvalue weighted by atomic mass is 9.75. The van der Waals surface area contributed by atoms with Crippen LogP contribution in [0.5, 0.6) is 0 Å². The van der Waals surface area contributed by atoms with Crippen LogP contribution in [0.1, 0.15) is 77.6 Å². The van der Waals surface area contributed by atoms with E-state index in [0.717, 1.165) is 18.7 Å². The lowest BCUT2D eigenvalue weighted by Gasteiger charge is -2.42. The van der Waals surface area contributed by atoms with Crippen LogP contribution in [-0.4, -0.2) is 50.8 Å². The third-order valence-electron chi connectivity index (χ3n) is 6.61. The first kappa shape index (κ1) is 23.7. The number of nitrogens with one attached hydrogen (secondary N) is 3. The minimum atomic E-state index is -0.805. The molecule has 2 aliphatic carbocycles. The van der Waals surface area contributed by atoms with Crippen molar-refractivity contribution >= 4 is 6.29 Å². The topological polar surface area (TPSA) is 62.4 Å². The number of piperidine rings is 1. The Morgan fingerprint density at radius 2 is 1.68 bits per heavy atom. The predicted molar refractivity (Wildman–Crippen MR) is 112 cm³/mol. The third-order valence-corrected chi connectivity index (χ3v) is 6.61. The zero-order valence-electron chi connectivity index (χ0n) is 17.9. The van der Waals surface area contributed by atoms with Crippen molar-refractivity contribution in [2.75, 3.05) is 20.1 Å². The van der Waals surface area contributed by atoms with Gasteiger partial charge >= 0.3 is 0 Å². The van der Waals surface area contributed by atoms with E-state index in [2.05, 4.69) is 30.1 Å². The predicted octanol–water partition coefficient (Wildman–Crippen LogP) is 3.53. The van der Waals surface area contributed by atoms with E-state index in [9.17, 15) is 9.18 Å². The molecule has 4 rings (SSSR count). The van der Waals surface area contributed by atoms with Crippen LogP contribution in [0.15, 0.2) is 0 Å². The van der Waals surface area contributed by atoms with E-state index in [1.54, 1.807) is 0 Å². The van der Waals surface area contributed by atoms with Crippen LogP contribution < -0.4 is 16.1 Å². The summed E-state index contributed by atoms with van der Waals surface area (Å²) in [7, 11) is 2.07. The summed E-state index contributed by atoms with van der Waals surface area (Å²) >= 11 is 0. The van der Waals surface area contributed by atoms with E-state index in [-0.39, 0.29) is 18.1 Å². The molecule has 3 N–H and O–H groups in total. The third kappa shape index (κ3) is 8.05. The number of fused-ring (bicyclic) bond motifs is 1. The van der Waals surface area contributed by atoms with Gasteiger partial charge in [-0.15, -0.1) is 0 Å². The Morgan fingerprint density at radius 3 is 2.18 bits per heavy atom.